The molecule has 0 bridgehead atoms. The standard InChI is InChI=1S/C15H20FN3O4S/c1-5-19(10-11-8-17-18(2)9-11)24(20,21)15-7-14(23-4)13(22-3)6-12(15)16/h6-9H,5,10H2,1-4H3. The van der Waals surface area contributed by atoms with Gasteiger partial charge >= 0.3 is 0 Å². The molecule has 9 heteroatoms. The average molecular weight is 357 g/mol. The molecule has 0 spiro atoms. The monoisotopic (exact) mass is 357 g/mol. The van der Waals surface area contributed by atoms with Crippen molar-refractivity contribution >= 4 is 10.0 Å². The van der Waals surface area contributed by atoms with Crippen molar-refractivity contribution in [3.8, 4) is 11.5 Å². The molecule has 0 fully saturated rings. The molecule has 132 valence electrons. The zero-order chi connectivity index (χ0) is 17.9. The molecule has 0 unspecified atom stereocenters. The zero-order valence-corrected chi connectivity index (χ0v) is 14.8. The van der Waals surface area contributed by atoms with Gasteiger partial charge in [-0.25, -0.2) is 12.8 Å². The summed E-state index contributed by atoms with van der Waals surface area (Å²) in [4.78, 5) is -0.453. The van der Waals surface area contributed by atoms with Crippen LogP contribution in [0.5, 0.6) is 11.5 Å². The highest BCUT2D eigenvalue weighted by Gasteiger charge is 2.28. The van der Waals surface area contributed by atoms with Crippen molar-refractivity contribution in [1.29, 1.82) is 0 Å². The Bertz CT molecular complexity index is 820. The summed E-state index contributed by atoms with van der Waals surface area (Å²) in [6.07, 6.45) is 3.28. The SMILES string of the molecule is CCN(Cc1cnn(C)c1)S(=O)(=O)c1cc(OC)c(OC)cc1F. The summed E-state index contributed by atoms with van der Waals surface area (Å²) >= 11 is 0. The van der Waals surface area contributed by atoms with Crippen molar-refractivity contribution in [3.05, 3.63) is 35.9 Å². The number of hydrogen-bond acceptors (Lipinski definition) is 5. The fourth-order valence-electron chi connectivity index (χ4n) is 2.30. The number of ether oxygens (including phenoxy) is 2. The van der Waals surface area contributed by atoms with Gasteiger partial charge in [0.05, 0.1) is 20.4 Å². The van der Waals surface area contributed by atoms with Crippen LogP contribution in [0.15, 0.2) is 29.4 Å². The Morgan fingerprint density at radius 2 is 1.88 bits per heavy atom. The van der Waals surface area contributed by atoms with Gasteiger partial charge in [0.2, 0.25) is 10.0 Å². The highest BCUT2D eigenvalue weighted by atomic mass is 32.2. The molecule has 0 aliphatic rings. The molecule has 0 aliphatic carbocycles. The van der Waals surface area contributed by atoms with Crippen LogP contribution in [0, 0.1) is 5.82 Å². The van der Waals surface area contributed by atoms with E-state index in [0.29, 0.717) is 5.56 Å². The summed E-state index contributed by atoms with van der Waals surface area (Å²) in [6, 6.07) is 2.14. The Morgan fingerprint density at radius 1 is 1.25 bits per heavy atom. The minimum absolute atomic E-state index is 0.0977. The van der Waals surface area contributed by atoms with Gasteiger partial charge < -0.3 is 9.47 Å². The highest BCUT2D eigenvalue weighted by Crippen LogP contribution is 2.33. The molecular weight excluding hydrogens is 337 g/mol. The van der Waals surface area contributed by atoms with E-state index in [0.717, 1.165) is 12.1 Å². The summed E-state index contributed by atoms with van der Waals surface area (Å²) in [5.41, 5.74) is 0.712. The van der Waals surface area contributed by atoms with Gasteiger partial charge in [0.25, 0.3) is 0 Å². The number of nitrogens with zero attached hydrogens (tertiary/aromatic N) is 3. The van der Waals surface area contributed by atoms with Gasteiger partial charge in [-0.1, -0.05) is 6.92 Å². The first kappa shape index (κ1) is 18.2. The van der Waals surface area contributed by atoms with Crippen LogP contribution in [0.25, 0.3) is 0 Å². The minimum atomic E-state index is -4.04. The number of halogens is 1. The second-order valence-electron chi connectivity index (χ2n) is 5.09. The molecule has 24 heavy (non-hydrogen) atoms. The molecule has 1 aromatic heterocycles. The third kappa shape index (κ3) is 3.51. The maximum atomic E-state index is 14.3. The van der Waals surface area contributed by atoms with E-state index in [-0.39, 0.29) is 24.6 Å². The van der Waals surface area contributed by atoms with Crippen molar-refractivity contribution in [3.63, 3.8) is 0 Å². The van der Waals surface area contributed by atoms with Gasteiger partial charge in [-0.05, 0) is 0 Å². The van der Waals surface area contributed by atoms with Gasteiger partial charge in [-0.15, -0.1) is 0 Å². The fourth-order valence-corrected chi connectivity index (χ4v) is 3.79. The van der Waals surface area contributed by atoms with Gasteiger partial charge in [0.15, 0.2) is 11.5 Å². The molecule has 2 rings (SSSR count). The van der Waals surface area contributed by atoms with E-state index in [1.54, 1.807) is 31.0 Å². The average Bonchev–Trinajstić information content (AvgIpc) is 2.96. The molecule has 0 N–H and O–H groups in total. The number of benzene rings is 1. The maximum Gasteiger partial charge on any atom is 0.246 e. The van der Waals surface area contributed by atoms with Crippen LogP contribution in [-0.4, -0.2) is 43.3 Å². The lowest BCUT2D eigenvalue weighted by atomic mass is 10.3. The number of methoxy groups -OCH3 is 2. The first-order chi connectivity index (χ1) is 11.3. The molecule has 0 saturated heterocycles. The summed E-state index contributed by atoms with van der Waals surface area (Å²) < 4.78 is 52.8. The van der Waals surface area contributed by atoms with E-state index in [9.17, 15) is 12.8 Å². The number of hydrogen-bond donors (Lipinski definition) is 0. The Labute approximate surface area is 140 Å². The summed E-state index contributed by atoms with van der Waals surface area (Å²) in [5, 5.41) is 4.01. The third-order valence-corrected chi connectivity index (χ3v) is 5.46. The van der Waals surface area contributed by atoms with Crippen molar-refractivity contribution in [2.45, 2.75) is 18.4 Å². The van der Waals surface area contributed by atoms with Crippen molar-refractivity contribution in [2.75, 3.05) is 20.8 Å². The lowest BCUT2D eigenvalue weighted by molar-refractivity contribution is 0.349. The molecule has 0 atom stereocenters. The normalized spacial score (nSPS) is 11.8. The molecule has 1 aromatic carbocycles. The van der Waals surface area contributed by atoms with Crippen LogP contribution in [0.1, 0.15) is 12.5 Å². The highest BCUT2D eigenvalue weighted by molar-refractivity contribution is 7.89. The Morgan fingerprint density at radius 3 is 2.38 bits per heavy atom. The van der Waals surface area contributed by atoms with Gasteiger partial charge in [0.1, 0.15) is 10.7 Å². The molecule has 2 aromatic rings. The van der Waals surface area contributed by atoms with Crippen LogP contribution in [0.3, 0.4) is 0 Å². The molecule has 0 aliphatic heterocycles. The van der Waals surface area contributed by atoms with Gasteiger partial charge in [-0.3, -0.25) is 4.68 Å². The van der Waals surface area contributed by atoms with E-state index in [4.69, 9.17) is 9.47 Å². The second kappa shape index (κ2) is 7.18. The van der Waals surface area contributed by atoms with Crippen molar-refractivity contribution < 1.29 is 22.3 Å². The lowest BCUT2D eigenvalue weighted by Crippen LogP contribution is -2.31. The van der Waals surface area contributed by atoms with Crippen molar-refractivity contribution in [1.82, 2.24) is 14.1 Å². The first-order valence-corrected chi connectivity index (χ1v) is 8.66. The molecule has 0 saturated carbocycles. The van der Waals surface area contributed by atoms with E-state index in [2.05, 4.69) is 5.10 Å². The second-order valence-corrected chi connectivity index (χ2v) is 7.00. The Balaban J connectivity index is 2.43. The number of aromatic nitrogens is 2. The van der Waals surface area contributed by atoms with Gasteiger partial charge in [0, 0.05) is 44.0 Å². The predicted octanol–water partition coefficient (Wildman–Crippen LogP) is 1.79. The fraction of sp³-hybridized carbons (Fsp3) is 0.400. The van der Waals surface area contributed by atoms with Crippen LogP contribution >= 0.6 is 0 Å². The topological polar surface area (TPSA) is 73.7 Å². The molecule has 1 heterocycles. The van der Waals surface area contributed by atoms with Gasteiger partial charge in [-0.2, -0.15) is 9.40 Å². The smallest absolute Gasteiger partial charge is 0.246 e. The van der Waals surface area contributed by atoms with E-state index >= 15 is 0 Å². The van der Waals surface area contributed by atoms with Crippen LogP contribution in [-0.2, 0) is 23.6 Å². The van der Waals surface area contributed by atoms with E-state index < -0.39 is 20.7 Å². The predicted molar refractivity (Wildman–Crippen MR) is 86.0 cm³/mol. The molecule has 0 radical (unpaired) electrons. The van der Waals surface area contributed by atoms with E-state index in [1.165, 1.54) is 18.5 Å². The summed E-state index contributed by atoms with van der Waals surface area (Å²) in [7, 11) is 0.410. The quantitative estimate of drug-likeness (QED) is 0.755. The van der Waals surface area contributed by atoms with Crippen LogP contribution in [0.4, 0.5) is 4.39 Å². The zero-order valence-electron chi connectivity index (χ0n) is 14.0. The van der Waals surface area contributed by atoms with Crippen LogP contribution in [0.2, 0.25) is 0 Å². The molecule has 0 amide bonds. The maximum absolute atomic E-state index is 14.3. The Kier molecular flexibility index (Phi) is 5.45. The first-order valence-electron chi connectivity index (χ1n) is 7.22. The number of sulfonamides is 1. The largest absolute Gasteiger partial charge is 0.493 e. The third-order valence-electron chi connectivity index (χ3n) is 3.53. The summed E-state index contributed by atoms with van der Waals surface area (Å²) in [5.74, 6) is -0.614. The summed E-state index contributed by atoms with van der Waals surface area (Å²) in [6.45, 7) is 1.97. The molecular formula is C15H20FN3O4S. The van der Waals surface area contributed by atoms with Crippen molar-refractivity contribution in [2.24, 2.45) is 7.05 Å². The number of aryl methyl sites for hydroxylation is 1. The number of rotatable bonds is 7. The molecule has 7 nitrogen and oxygen atoms in total. The Hall–Kier alpha value is -2.13. The minimum Gasteiger partial charge on any atom is -0.493 e. The van der Waals surface area contributed by atoms with Crippen LogP contribution < -0.4 is 9.47 Å². The lowest BCUT2D eigenvalue weighted by Gasteiger charge is -2.21. The van der Waals surface area contributed by atoms with E-state index in [1.807, 2.05) is 0 Å².